The van der Waals surface area contributed by atoms with E-state index in [0.717, 1.165) is 51.3 Å². The molecule has 0 bridgehead atoms. The van der Waals surface area contributed by atoms with Crippen molar-refractivity contribution in [1.29, 1.82) is 0 Å². The number of carbonyl (C=O) groups is 1. The highest BCUT2D eigenvalue weighted by atomic mass is 127. The number of ether oxygens (including phenoxy) is 1. The van der Waals surface area contributed by atoms with Crippen LogP contribution in [0.4, 0.5) is 4.39 Å². The number of halogens is 2. The lowest BCUT2D eigenvalue weighted by Gasteiger charge is -2.33. The average molecular weight is 475 g/mol. The zero-order valence-electron chi connectivity index (χ0n) is 15.3. The van der Waals surface area contributed by atoms with Gasteiger partial charge in [-0.15, -0.1) is 24.0 Å². The summed E-state index contributed by atoms with van der Waals surface area (Å²) in [5, 5.41) is 3.48. The molecule has 0 spiro atoms. The molecule has 1 aromatic rings. The smallest absolute Gasteiger partial charge is 0.308 e. The van der Waals surface area contributed by atoms with E-state index in [1.807, 2.05) is 12.1 Å². The zero-order chi connectivity index (χ0) is 17.9. The summed E-state index contributed by atoms with van der Waals surface area (Å²) in [5.74, 6) is 0.553. The van der Waals surface area contributed by atoms with Gasteiger partial charge in [0.05, 0.1) is 13.0 Å². The molecule has 1 saturated carbocycles. The molecule has 26 heavy (non-hydrogen) atoms. The van der Waals surface area contributed by atoms with Gasteiger partial charge in [-0.2, -0.15) is 0 Å². The molecule has 2 fully saturated rings. The second-order valence-electron chi connectivity index (χ2n) is 6.97. The third kappa shape index (κ3) is 4.66. The second kappa shape index (κ2) is 9.01. The summed E-state index contributed by atoms with van der Waals surface area (Å²) in [6, 6.07) is 6.83. The van der Waals surface area contributed by atoms with Crippen LogP contribution in [0.25, 0.3) is 0 Å². The van der Waals surface area contributed by atoms with Crippen LogP contribution in [0, 0.1) is 11.7 Å². The Morgan fingerprint density at radius 1 is 1.31 bits per heavy atom. The van der Waals surface area contributed by atoms with Gasteiger partial charge in [0.1, 0.15) is 5.82 Å². The molecular weight excluding hydrogens is 448 g/mol. The largest absolute Gasteiger partial charge is 0.469 e. The zero-order valence-corrected chi connectivity index (χ0v) is 17.7. The van der Waals surface area contributed by atoms with Crippen LogP contribution in [0.2, 0.25) is 0 Å². The summed E-state index contributed by atoms with van der Waals surface area (Å²) >= 11 is 0. The van der Waals surface area contributed by atoms with Gasteiger partial charge in [-0.1, -0.05) is 12.1 Å². The summed E-state index contributed by atoms with van der Waals surface area (Å²) in [4.78, 5) is 18.2. The maximum atomic E-state index is 13.1. The minimum Gasteiger partial charge on any atom is -0.469 e. The number of aliphatic imine (C=N–C) groups is 1. The van der Waals surface area contributed by atoms with Crippen molar-refractivity contribution >= 4 is 35.9 Å². The van der Waals surface area contributed by atoms with Crippen LogP contribution in [0.3, 0.4) is 0 Å². The molecule has 0 unspecified atom stereocenters. The molecule has 1 aliphatic heterocycles. The minimum absolute atomic E-state index is 0. The van der Waals surface area contributed by atoms with Crippen LogP contribution < -0.4 is 5.32 Å². The summed E-state index contributed by atoms with van der Waals surface area (Å²) in [6.07, 6.45) is 3.78. The maximum Gasteiger partial charge on any atom is 0.308 e. The fourth-order valence-corrected chi connectivity index (χ4v) is 3.60. The number of esters is 1. The van der Waals surface area contributed by atoms with Gasteiger partial charge in [0, 0.05) is 32.1 Å². The number of nitrogens with one attached hydrogen (secondary N) is 1. The molecular formula is C19H27FIN3O2. The molecule has 1 N–H and O–H groups in total. The fourth-order valence-electron chi connectivity index (χ4n) is 3.60. The van der Waals surface area contributed by atoms with E-state index in [0.29, 0.717) is 0 Å². The highest BCUT2D eigenvalue weighted by Gasteiger charge is 2.44. The minimum atomic E-state index is -0.197. The van der Waals surface area contributed by atoms with Crippen molar-refractivity contribution in [1.82, 2.24) is 10.2 Å². The van der Waals surface area contributed by atoms with Crippen molar-refractivity contribution in [2.45, 2.75) is 31.1 Å². The Morgan fingerprint density at radius 2 is 1.92 bits per heavy atom. The molecule has 2 aliphatic rings. The van der Waals surface area contributed by atoms with Crippen LogP contribution in [-0.4, -0.2) is 50.6 Å². The second-order valence-corrected chi connectivity index (χ2v) is 6.97. The molecule has 7 heteroatoms. The fraction of sp³-hybridized carbons (Fsp3) is 0.579. The molecule has 1 aromatic carbocycles. The number of hydrogen-bond donors (Lipinski definition) is 1. The van der Waals surface area contributed by atoms with Crippen LogP contribution in [-0.2, 0) is 14.9 Å². The third-order valence-corrected chi connectivity index (χ3v) is 5.44. The van der Waals surface area contributed by atoms with E-state index >= 15 is 0 Å². The quantitative estimate of drug-likeness (QED) is 0.315. The standard InChI is InChI=1S/C19H26FN3O2.HI/c1-21-18(23-11-7-14(8-12-23)17(24)25-2)22-13-19(9-10-19)15-3-5-16(20)6-4-15;/h3-6,14H,7-13H2,1-2H3,(H,21,22);1H. The lowest BCUT2D eigenvalue weighted by atomic mass is 9.95. The summed E-state index contributed by atoms with van der Waals surface area (Å²) < 4.78 is 18.0. The highest BCUT2D eigenvalue weighted by Crippen LogP contribution is 2.47. The number of nitrogens with zero attached hydrogens (tertiary/aromatic N) is 2. The first-order valence-corrected chi connectivity index (χ1v) is 8.87. The normalized spacial score (nSPS) is 19.5. The number of guanidine groups is 1. The molecule has 3 rings (SSSR count). The summed E-state index contributed by atoms with van der Waals surface area (Å²) in [6.45, 7) is 2.38. The first-order valence-electron chi connectivity index (χ1n) is 8.87. The first kappa shape index (κ1) is 20.9. The highest BCUT2D eigenvalue weighted by molar-refractivity contribution is 14.0. The number of likely N-dealkylation sites (tertiary alicyclic amines) is 1. The predicted octanol–water partition coefficient (Wildman–Crippen LogP) is 2.94. The molecule has 0 radical (unpaired) electrons. The number of benzene rings is 1. The van der Waals surface area contributed by atoms with Gasteiger partial charge in [0.15, 0.2) is 5.96 Å². The number of methoxy groups -OCH3 is 1. The van der Waals surface area contributed by atoms with Gasteiger partial charge in [0.25, 0.3) is 0 Å². The molecule has 0 atom stereocenters. The van der Waals surface area contributed by atoms with Gasteiger partial charge >= 0.3 is 5.97 Å². The Hall–Kier alpha value is -1.38. The molecule has 144 valence electrons. The van der Waals surface area contributed by atoms with Crippen LogP contribution in [0.1, 0.15) is 31.2 Å². The van der Waals surface area contributed by atoms with E-state index in [-0.39, 0.29) is 47.1 Å². The van der Waals surface area contributed by atoms with Crippen molar-refractivity contribution in [2.24, 2.45) is 10.9 Å². The Balaban J connectivity index is 0.00000243. The van der Waals surface area contributed by atoms with Crippen molar-refractivity contribution < 1.29 is 13.9 Å². The molecule has 5 nitrogen and oxygen atoms in total. The monoisotopic (exact) mass is 475 g/mol. The molecule has 0 amide bonds. The van der Waals surface area contributed by atoms with Crippen molar-refractivity contribution in [3.8, 4) is 0 Å². The van der Waals surface area contributed by atoms with Crippen LogP contribution in [0.5, 0.6) is 0 Å². The van der Waals surface area contributed by atoms with Gasteiger partial charge < -0.3 is 15.0 Å². The SMILES string of the molecule is CN=C(NCC1(c2ccc(F)cc2)CC1)N1CCC(C(=O)OC)CC1.I. The van der Waals surface area contributed by atoms with Gasteiger partial charge in [0.2, 0.25) is 0 Å². The van der Waals surface area contributed by atoms with Gasteiger partial charge in [-0.05, 0) is 43.4 Å². The third-order valence-electron chi connectivity index (χ3n) is 5.44. The number of rotatable bonds is 4. The van der Waals surface area contributed by atoms with E-state index in [1.165, 1.54) is 24.8 Å². The average Bonchev–Trinajstić information content (AvgIpc) is 3.43. The molecule has 1 aliphatic carbocycles. The lowest BCUT2D eigenvalue weighted by molar-refractivity contribution is -0.146. The predicted molar refractivity (Wildman–Crippen MR) is 110 cm³/mol. The van der Waals surface area contributed by atoms with Crippen LogP contribution >= 0.6 is 24.0 Å². The number of hydrogen-bond acceptors (Lipinski definition) is 3. The topological polar surface area (TPSA) is 53.9 Å². The Kier molecular flexibility index (Phi) is 7.25. The van der Waals surface area contributed by atoms with Gasteiger partial charge in [-0.25, -0.2) is 4.39 Å². The van der Waals surface area contributed by atoms with Crippen molar-refractivity contribution in [3.63, 3.8) is 0 Å². The van der Waals surface area contributed by atoms with Crippen LogP contribution in [0.15, 0.2) is 29.3 Å². The summed E-state index contributed by atoms with van der Waals surface area (Å²) in [5.41, 5.74) is 1.27. The lowest BCUT2D eigenvalue weighted by Crippen LogP contribution is -2.48. The molecule has 1 saturated heterocycles. The summed E-state index contributed by atoms with van der Waals surface area (Å²) in [7, 11) is 3.23. The molecule has 1 heterocycles. The van der Waals surface area contributed by atoms with E-state index in [2.05, 4.69) is 15.2 Å². The Bertz CT molecular complexity index is 639. The van der Waals surface area contributed by atoms with E-state index in [4.69, 9.17) is 4.74 Å². The Labute approximate surface area is 171 Å². The number of piperidine rings is 1. The van der Waals surface area contributed by atoms with E-state index in [9.17, 15) is 9.18 Å². The van der Waals surface area contributed by atoms with Crippen molar-refractivity contribution in [3.05, 3.63) is 35.6 Å². The maximum absolute atomic E-state index is 13.1. The van der Waals surface area contributed by atoms with Crippen molar-refractivity contribution in [2.75, 3.05) is 33.8 Å². The molecule has 0 aromatic heterocycles. The van der Waals surface area contributed by atoms with E-state index < -0.39 is 0 Å². The Morgan fingerprint density at radius 3 is 2.42 bits per heavy atom. The van der Waals surface area contributed by atoms with E-state index in [1.54, 1.807) is 7.05 Å². The van der Waals surface area contributed by atoms with Gasteiger partial charge in [-0.3, -0.25) is 9.79 Å². The number of carbonyl (C=O) groups excluding carboxylic acids is 1. The first-order chi connectivity index (χ1) is 12.1.